The molecule has 1 saturated heterocycles. The molecule has 1 unspecified atom stereocenters. The number of carbonyl (C=O) groups excluding carboxylic acids is 2. The third-order valence-electron chi connectivity index (χ3n) is 2.30. The first-order valence-corrected chi connectivity index (χ1v) is 5.71. The Balaban J connectivity index is 2.78. The fourth-order valence-corrected chi connectivity index (χ4v) is 2.29. The molecule has 0 aliphatic carbocycles. The van der Waals surface area contributed by atoms with Crippen molar-refractivity contribution in [2.45, 2.75) is 26.3 Å². The minimum absolute atomic E-state index is 0.186. The number of carbonyl (C=O) groups is 2. The van der Waals surface area contributed by atoms with Crippen molar-refractivity contribution >= 4 is 23.1 Å². The zero-order valence-electron chi connectivity index (χ0n) is 8.50. The Hall–Kier alpha value is -0.950. The molecule has 0 radical (unpaired) electrons. The summed E-state index contributed by atoms with van der Waals surface area (Å²) in [6, 6.07) is -0.909. The van der Waals surface area contributed by atoms with Crippen LogP contribution in [0.25, 0.3) is 0 Å². The quantitative estimate of drug-likeness (QED) is 0.418. The Kier molecular flexibility index (Phi) is 3.81. The number of rotatable bonds is 4. The smallest absolute Gasteiger partial charge is 0.330 e. The molecule has 0 spiro atoms. The molecule has 1 N–H and O–H groups in total. The predicted octanol–water partition coefficient (Wildman–Crippen LogP) is -0.0768. The van der Waals surface area contributed by atoms with E-state index in [1.54, 1.807) is 13.8 Å². The molecule has 1 amide bonds. The molecule has 0 bridgehead atoms. The van der Waals surface area contributed by atoms with E-state index < -0.39 is 35.1 Å². The maximum atomic E-state index is 11.4. The van der Waals surface area contributed by atoms with Crippen molar-refractivity contribution in [3.05, 3.63) is 0 Å². The second-order valence-corrected chi connectivity index (χ2v) is 3.96. The summed E-state index contributed by atoms with van der Waals surface area (Å²) >= 11 is -2.45. The Bertz CT molecular complexity index is 305. The average molecular weight is 235 g/mol. The normalized spacial score (nSPS) is 27.1. The van der Waals surface area contributed by atoms with Crippen LogP contribution in [0.5, 0.6) is 0 Å². The van der Waals surface area contributed by atoms with E-state index in [1.807, 2.05) is 0 Å². The Morgan fingerprint density at radius 3 is 2.60 bits per heavy atom. The van der Waals surface area contributed by atoms with Crippen LogP contribution in [-0.4, -0.2) is 37.6 Å². The van der Waals surface area contributed by atoms with Crippen molar-refractivity contribution in [1.82, 2.24) is 4.31 Å². The van der Waals surface area contributed by atoms with Crippen LogP contribution in [0.3, 0.4) is 0 Å². The number of hydrogen-bond acceptors (Lipinski definition) is 4. The van der Waals surface area contributed by atoms with E-state index in [0.717, 1.165) is 0 Å². The first-order chi connectivity index (χ1) is 7.04. The van der Waals surface area contributed by atoms with E-state index in [1.165, 1.54) is 0 Å². The van der Waals surface area contributed by atoms with Gasteiger partial charge in [0, 0.05) is 0 Å². The van der Waals surface area contributed by atoms with Crippen LogP contribution in [0, 0.1) is 5.92 Å². The van der Waals surface area contributed by atoms with E-state index >= 15 is 0 Å². The van der Waals surface area contributed by atoms with Gasteiger partial charge >= 0.3 is 5.97 Å². The molecule has 3 atom stereocenters. The molecule has 0 aromatic rings. The summed E-state index contributed by atoms with van der Waals surface area (Å²) in [5, 5.41) is 0. The van der Waals surface area contributed by atoms with Crippen LogP contribution < -0.4 is 0 Å². The van der Waals surface area contributed by atoms with Crippen molar-refractivity contribution in [2.24, 2.45) is 5.92 Å². The molecule has 1 heterocycles. The van der Waals surface area contributed by atoms with Crippen molar-refractivity contribution in [3.8, 4) is 0 Å². The second kappa shape index (κ2) is 4.71. The zero-order valence-corrected chi connectivity index (χ0v) is 9.32. The van der Waals surface area contributed by atoms with Crippen molar-refractivity contribution in [3.63, 3.8) is 0 Å². The first-order valence-electron chi connectivity index (χ1n) is 4.65. The summed E-state index contributed by atoms with van der Waals surface area (Å²) in [4.78, 5) is 22.7. The largest absolute Gasteiger partial charge is 0.464 e. The number of β-lactam (4-membered cyclic amide) rings is 1. The monoisotopic (exact) mass is 235 g/mol. The zero-order chi connectivity index (χ0) is 11.6. The van der Waals surface area contributed by atoms with Gasteiger partial charge in [0.1, 0.15) is 0 Å². The van der Waals surface area contributed by atoms with Crippen molar-refractivity contribution in [2.75, 3.05) is 6.61 Å². The van der Waals surface area contributed by atoms with Crippen molar-refractivity contribution in [1.29, 1.82) is 0 Å². The number of amides is 1. The van der Waals surface area contributed by atoms with Crippen molar-refractivity contribution < 1.29 is 23.1 Å². The molecule has 0 aromatic carbocycles. The van der Waals surface area contributed by atoms with Crippen LogP contribution in [0.15, 0.2) is 0 Å². The van der Waals surface area contributed by atoms with E-state index in [9.17, 15) is 13.8 Å². The summed E-state index contributed by atoms with van der Waals surface area (Å²) < 4.78 is 25.0. The molecule has 0 aromatic heterocycles. The molecule has 1 aliphatic rings. The lowest BCUT2D eigenvalue weighted by Crippen LogP contribution is -2.64. The number of hydrogen-bond donors (Lipinski definition) is 1. The highest BCUT2D eigenvalue weighted by Gasteiger charge is 2.54. The molecule has 0 saturated carbocycles. The third-order valence-corrected chi connectivity index (χ3v) is 3.05. The van der Waals surface area contributed by atoms with Gasteiger partial charge in [0.15, 0.2) is 6.04 Å². The fourth-order valence-electron chi connectivity index (χ4n) is 1.58. The molecule has 1 rings (SSSR count). The van der Waals surface area contributed by atoms with Gasteiger partial charge in [0.05, 0.1) is 12.5 Å². The van der Waals surface area contributed by atoms with Crippen LogP contribution in [0.2, 0.25) is 0 Å². The average Bonchev–Trinajstić information content (AvgIpc) is 2.14. The second-order valence-electron chi connectivity index (χ2n) is 3.11. The van der Waals surface area contributed by atoms with Gasteiger partial charge < -0.3 is 4.74 Å². The van der Waals surface area contributed by atoms with Gasteiger partial charge in [-0.05, 0) is 13.3 Å². The Morgan fingerprint density at radius 2 is 2.20 bits per heavy atom. The molecule has 7 heteroatoms. The van der Waals surface area contributed by atoms with E-state index in [2.05, 4.69) is 0 Å². The van der Waals surface area contributed by atoms with Crippen LogP contribution >= 0.6 is 0 Å². The van der Waals surface area contributed by atoms with E-state index in [4.69, 9.17) is 9.29 Å². The highest BCUT2D eigenvalue weighted by atomic mass is 32.2. The lowest BCUT2D eigenvalue weighted by atomic mass is 9.88. The third kappa shape index (κ3) is 2.03. The SMILES string of the molecule is CCOC(=O)[C@@H]1[C@@H](CC)C(=O)N1S(=O)O. The maximum absolute atomic E-state index is 11.4. The highest BCUT2D eigenvalue weighted by Crippen LogP contribution is 2.31. The lowest BCUT2D eigenvalue weighted by Gasteiger charge is -2.41. The fraction of sp³-hybridized carbons (Fsp3) is 0.750. The summed E-state index contributed by atoms with van der Waals surface area (Å²) in [6.45, 7) is 3.57. The van der Waals surface area contributed by atoms with E-state index in [0.29, 0.717) is 10.7 Å². The minimum Gasteiger partial charge on any atom is -0.464 e. The number of esters is 1. The van der Waals surface area contributed by atoms with Gasteiger partial charge in [0.2, 0.25) is 5.91 Å². The van der Waals surface area contributed by atoms with Gasteiger partial charge in [-0.1, -0.05) is 6.92 Å². The Labute approximate surface area is 90.0 Å². The predicted molar refractivity (Wildman–Crippen MR) is 51.8 cm³/mol. The molecule has 1 fully saturated rings. The van der Waals surface area contributed by atoms with Crippen LogP contribution in [0.4, 0.5) is 0 Å². The van der Waals surface area contributed by atoms with Gasteiger partial charge in [-0.25, -0.2) is 13.3 Å². The number of ether oxygens (including phenoxy) is 1. The topological polar surface area (TPSA) is 83.9 Å². The summed E-state index contributed by atoms with van der Waals surface area (Å²) in [5.41, 5.74) is 0. The molecule has 86 valence electrons. The maximum Gasteiger partial charge on any atom is 0.330 e. The number of nitrogens with zero attached hydrogens (tertiary/aromatic N) is 1. The van der Waals surface area contributed by atoms with E-state index in [-0.39, 0.29) is 6.61 Å². The Morgan fingerprint density at radius 1 is 1.60 bits per heavy atom. The highest BCUT2D eigenvalue weighted by molar-refractivity contribution is 7.77. The molecular weight excluding hydrogens is 222 g/mol. The first kappa shape index (κ1) is 12.1. The van der Waals surface area contributed by atoms with Gasteiger partial charge in [-0.2, -0.15) is 0 Å². The molecule has 15 heavy (non-hydrogen) atoms. The molecule has 6 nitrogen and oxygen atoms in total. The van der Waals surface area contributed by atoms with Gasteiger partial charge in [-0.15, -0.1) is 0 Å². The molecule has 1 aliphatic heterocycles. The lowest BCUT2D eigenvalue weighted by molar-refractivity contribution is -0.166. The molecular formula is C8H13NO5S. The standard InChI is InChI=1S/C8H13NO5S/c1-3-5-6(8(11)14-4-2)9(7(5)10)15(12)13/h5-6H,3-4H2,1-2H3,(H,12,13)/t5-,6+/m1/s1. The van der Waals surface area contributed by atoms with Crippen LogP contribution in [0.1, 0.15) is 20.3 Å². The summed E-state index contributed by atoms with van der Waals surface area (Å²) in [7, 11) is 0. The minimum atomic E-state index is -2.45. The summed E-state index contributed by atoms with van der Waals surface area (Å²) in [6.07, 6.45) is 0.454. The summed E-state index contributed by atoms with van der Waals surface area (Å²) in [5.74, 6) is -1.62. The van der Waals surface area contributed by atoms with Crippen LogP contribution in [-0.2, 0) is 25.6 Å². The van der Waals surface area contributed by atoms with Gasteiger partial charge in [-0.3, -0.25) is 9.35 Å². The van der Waals surface area contributed by atoms with Gasteiger partial charge in [0.25, 0.3) is 11.3 Å².